The van der Waals surface area contributed by atoms with Gasteiger partial charge >= 0.3 is 0 Å². The smallest absolute Gasteiger partial charge is 0.166 e. The second-order valence-corrected chi connectivity index (χ2v) is 11.3. The van der Waals surface area contributed by atoms with E-state index in [9.17, 15) is 5.11 Å². The van der Waals surface area contributed by atoms with Gasteiger partial charge in [-0.15, -0.1) is 0 Å². The number of piperidine rings is 1. The van der Waals surface area contributed by atoms with Gasteiger partial charge in [-0.2, -0.15) is 0 Å². The standard InChI is InChI=1S/C31H30N2O3/c1-29-28-22(21-10-6-7-11-23(21)32-28)17-31(35-18-19-8-4-3-5-9-19)25-16-20-12-13-24(34)27(36-29)26(20)30(29,31)14-15-33(25)2/h3-13,25,32,34H,14-18H2,1-2H3/t25-,29+,30+,31-/m1/s1. The molecule has 8 rings (SSSR count). The number of phenolic OH excluding ortho intramolecular Hbond substituents is 1. The van der Waals surface area contributed by atoms with Crippen LogP contribution in [-0.4, -0.2) is 40.2 Å². The summed E-state index contributed by atoms with van der Waals surface area (Å²) in [6, 6.07) is 23.2. The van der Waals surface area contributed by atoms with Crippen LogP contribution < -0.4 is 4.74 Å². The molecule has 2 bridgehead atoms. The third-order valence-corrected chi connectivity index (χ3v) is 9.89. The number of aromatic nitrogens is 1. The number of ether oxygens (including phenoxy) is 2. The quantitative estimate of drug-likeness (QED) is 0.426. The van der Waals surface area contributed by atoms with E-state index in [1.807, 2.05) is 6.07 Å². The van der Waals surface area contributed by atoms with Crippen molar-refractivity contribution in [2.24, 2.45) is 0 Å². The van der Waals surface area contributed by atoms with Crippen molar-refractivity contribution in [2.45, 2.75) is 55.5 Å². The Balaban J connectivity index is 1.46. The molecule has 5 nitrogen and oxygen atoms in total. The second kappa shape index (κ2) is 6.72. The number of likely N-dealkylation sites (tertiary alicyclic amines) is 1. The molecule has 5 heteroatoms. The average Bonchev–Trinajstić information content (AvgIpc) is 3.40. The molecule has 1 aromatic heterocycles. The number of likely N-dealkylation sites (N-methyl/N-ethyl adjacent to an activating group) is 1. The van der Waals surface area contributed by atoms with Gasteiger partial charge < -0.3 is 24.5 Å². The van der Waals surface area contributed by atoms with Crippen LogP contribution in [0.3, 0.4) is 0 Å². The van der Waals surface area contributed by atoms with Crippen LogP contribution >= 0.6 is 0 Å². The number of nitrogens with one attached hydrogen (secondary N) is 1. The third kappa shape index (κ3) is 2.21. The van der Waals surface area contributed by atoms with E-state index in [-0.39, 0.29) is 11.8 Å². The highest BCUT2D eigenvalue weighted by molar-refractivity contribution is 5.86. The SMILES string of the molecule is CN1CC[C@]23c4c5ccc(O)c4O[C@@]2(C)c2[nH]c4ccccc4c2C[C@@]3(OCc2ccccc2)[C@H]1C5. The normalized spacial score (nSPS) is 31.7. The number of hydrogen-bond acceptors (Lipinski definition) is 4. The number of rotatable bonds is 3. The first kappa shape index (κ1) is 20.9. The number of nitrogens with zero attached hydrogens (tertiary/aromatic N) is 1. The van der Waals surface area contributed by atoms with Crippen LogP contribution in [0.5, 0.6) is 11.5 Å². The summed E-state index contributed by atoms with van der Waals surface area (Å²) in [4.78, 5) is 6.28. The Hall–Kier alpha value is -3.28. The zero-order valence-corrected chi connectivity index (χ0v) is 20.7. The number of aromatic hydroxyl groups is 1. The molecule has 182 valence electrons. The van der Waals surface area contributed by atoms with Crippen molar-refractivity contribution in [1.82, 2.24) is 9.88 Å². The largest absolute Gasteiger partial charge is 0.504 e. The Morgan fingerprint density at radius 2 is 1.89 bits per heavy atom. The summed E-state index contributed by atoms with van der Waals surface area (Å²) in [5.74, 6) is 0.878. The average molecular weight is 479 g/mol. The summed E-state index contributed by atoms with van der Waals surface area (Å²) in [6.45, 7) is 3.74. The van der Waals surface area contributed by atoms with Crippen molar-refractivity contribution >= 4 is 10.9 Å². The molecule has 0 amide bonds. The van der Waals surface area contributed by atoms with Gasteiger partial charge in [-0.1, -0.05) is 54.6 Å². The first-order valence-electron chi connectivity index (χ1n) is 13.0. The molecule has 4 atom stereocenters. The van der Waals surface area contributed by atoms with Gasteiger partial charge in [0.1, 0.15) is 5.60 Å². The van der Waals surface area contributed by atoms with Gasteiger partial charge in [-0.05, 0) is 62.2 Å². The van der Waals surface area contributed by atoms with Crippen LogP contribution in [0.15, 0.2) is 66.7 Å². The minimum Gasteiger partial charge on any atom is -0.504 e. The van der Waals surface area contributed by atoms with Crippen molar-refractivity contribution in [3.63, 3.8) is 0 Å². The van der Waals surface area contributed by atoms with E-state index in [2.05, 4.69) is 84.5 Å². The number of aromatic amines is 1. The number of H-pyrrole nitrogens is 1. The molecule has 0 radical (unpaired) electrons. The Kier molecular flexibility index (Phi) is 3.90. The highest BCUT2D eigenvalue weighted by Crippen LogP contribution is 2.72. The fourth-order valence-corrected chi connectivity index (χ4v) is 8.39. The van der Waals surface area contributed by atoms with Crippen LogP contribution in [0, 0.1) is 0 Å². The Labute approximate surface area is 210 Å². The van der Waals surface area contributed by atoms with Gasteiger partial charge in [0.15, 0.2) is 17.1 Å². The van der Waals surface area contributed by atoms with E-state index in [1.54, 1.807) is 0 Å². The summed E-state index contributed by atoms with van der Waals surface area (Å²) in [6.07, 6.45) is 2.60. The highest BCUT2D eigenvalue weighted by atomic mass is 16.5. The van der Waals surface area contributed by atoms with Gasteiger partial charge in [-0.25, -0.2) is 0 Å². The molecule has 2 aliphatic heterocycles. The maximum absolute atomic E-state index is 11.1. The minimum atomic E-state index is -0.688. The molecule has 3 heterocycles. The van der Waals surface area contributed by atoms with Crippen molar-refractivity contribution in [1.29, 1.82) is 0 Å². The van der Waals surface area contributed by atoms with Crippen molar-refractivity contribution in [3.05, 3.63) is 94.7 Å². The zero-order chi connectivity index (χ0) is 24.3. The van der Waals surface area contributed by atoms with Gasteiger partial charge in [0.05, 0.1) is 17.7 Å². The molecular weight excluding hydrogens is 448 g/mol. The summed E-state index contributed by atoms with van der Waals surface area (Å²) in [7, 11) is 2.25. The summed E-state index contributed by atoms with van der Waals surface area (Å²) < 4.78 is 14.3. The fourth-order valence-electron chi connectivity index (χ4n) is 8.39. The van der Waals surface area contributed by atoms with Crippen molar-refractivity contribution < 1.29 is 14.6 Å². The predicted octanol–water partition coefficient (Wildman–Crippen LogP) is 5.19. The predicted molar refractivity (Wildman–Crippen MR) is 138 cm³/mol. The van der Waals surface area contributed by atoms with E-state index in [0.717, 1.165) is 37.0 Å². The number of para-hydroxylation sites is 1. The van der Waals surface area contributed by atoms with Crippen LogP contribution in [0.25, 0.3) is 10.9 Å². The lowest BCUT2D eigenvalue weighted by Gasteiger charge is -2.66. The first-order valence-corrected chi connectivity index (χ1v) is 13.0. The third-order valence-electron chi connectivity index (χ3n) is 9.89. The lowest BCUT2D eigenvalue weighted by atomic mass is 9.45. The summed E-state index contributed by atoms with van der Waals surface area (Å²) >= 11 is 0. The number of benzene rings is 3. The molecule has 1 fully saturated rings. The lowest BCUT2D eigenvalue weighted by Crippen LogP contribution is -2.78. The van der Waals surface area contributed by atoms with Gasteiger partial charge in [0, 0.05) is 28.9 Å². The lowest BCUT2D eigenvalue weighted by molar-refractivity contribution is -0.228. The molecular formula is C31H30N2O3. The topological polar surface area (TPSA) is 57.7 Å². The molecule has 1 spiro atoms. The molecule has 36 heavy (non-hydrogen) atoms. The molecule has 1 saturated heterocycles. The minimum absolute atomic E-state index is 0.197. The second-order valence-electron chi connectivity index (χ2n) is 11.3. The van der Waals surface area contributed by atoms with E-state index in [4.69, 9.17) is 9.47 Å². The summed E-state index contributed by atoms with van der Waals surface area (Å²) in [5, 5.41) is 12.3. The molecule has 4 aromatic rings. The van der Waals surface area contributed by atoms with Crippen molar-refractivity contribution in [3.8, 4) is 11.5 Å². The van der Waals surface area contributed by atoms with Crippen molar-refractivity contribution in [2.75, 3.05) is 13.6 Å². The molecule has 0 unspecified atom stereocenters. The van der Waals surface area contributed by atoms with Crippen LogP contribution in [-0.2, 0) is 35.2 Å². The van der Waals surface area contributed by atoms with Crippen LogP contribution in [0.2, 0.25) is 0 Å². The first-order chi connectivity index (χ1) is 17.5. The number of phenols is 1. The molecule has 2 aliphatic carbocycles. The van der Waals surface area contributed by atoms with Gasteiger partial charge in [0.25, 0.3) is 0 Å². The molecule has 3 aromatic carbocycles. The van der Waals surface area contributed by atoms with E-state index in [0.29, 0.717) is 12.4 Å². The van der Waals surface area contributed by atoms with E-state index >= 15 is 0 Å². The van der Waals surface area contributed by atoms with Crippen LogP contribution in [0.1, 0.15) is 41.3 Å². The highest BCUT2D eigenvalue weighted by Gasteiger charge is 2.78. The monoisotopic (exact) mass is 478 g/mol. The molecule has 4 aliphatic rings. The van der Waals surface area contributed by atoms with E-state index < -0.39 is 16.6 Å². The van der Waals surface area contributed by atoms with E-state index in [1.165, 1.54) is 27.6 Å². The van der Waals surface area contributed by atoms with Gasteiger partial charge in [0.2, 0.25) is 0 Å². The molecule has 2 N–H and O–H groups in total. The Morgan fingerprint density at radius 1 is 1.08 bits per heavy atom. The van der Waals surface area contributed by atoms with Gasteiger partial charge in [-0.3, -0.25) is 0 Å². The number of hydrogen-bond donors (Lipinski definition) is 2. The summed E-state index contributed by atoms with van der Waals surface area (Å²) in [5.41, 5.74) is 5.57. The molecule has 0 saturated carbocycles. The maximum atomic E-state index is 11.1. The Bertz CT molecular complexity index is 1540. The maximum Gasteiger partial charge on any atom is 0.166 e. The number of fused-ring (bicyclic) bond motifs is 4. The zero-order valence-electron chi connectivity index (χ0n) is 20.7. The van der Waals surface area contributed by atoms with Crippen LogP contribution in [0.4, 0.5) is 0 Å². The Morgan fingerprint density at radius 3 is 2.75 bits per heavy atom. The fraction of sp³-hybridized carbons (Fsp3) is 0.355.